The Kier molecular flexibility index (Phi) is 3.66. The van der Waals surface area contributed by atoms with E-state index in [4.69, 9.17) is 5.11 Å². The Morgan fingerprint density at radius 3 is 2.72 bits per heavy atom. The highest BCUT2D eigenvalue weighted by Crippen LogP contribution is 2.06. The van der Waals surface area contributed by atoms with E-state index in [1.807, 2.05) is 30.3 Å². The lowest BCUT2D eigenvalue weighted by atomic mass is 10.2. The number of hydrogen-bond acceptors (Lipinski definition) is 4. The molecule has 0 amide bonds. The van der Waals surface area contributed by atoms with E-state index in [0.29, 0.717) is 5.56 Å². The first-order valence-electron chi connectivity index (χ1n) is 5.30. The highest BCUT2D eigenvalue weighted by Gasteiger charge is 2.08. The quantitative estimate of drug-likeness (QED) is 0.635. The summed E-state index contributed by atoms with van der Waals surface area (Å²) in [6, 6.07) is 12.7. The summed E-state index contributed by atoms with van der Waals surface area (Å²) in [6.45, 7) is 0. The van der Waals surface area contributed by atoms with Gasteiger partial charge in [0, 0.05) is 11.8 Å². The molecule has 0 saturated carbocycles. The first-order chi connectivity index (χ1) is 8.77. The molecule has 0 aliphatic carbocycles. The van der Waals surface area contributed by atoms with Gasteiger partial charge in [-0.2, -0.15) is 5.10 Å². The lowest BCUT2D eigenvalue weighted by molar-refractivity contribution is 0.0690. The van der Waals surface area contributed by atoms with E-state index in [2.05, 4.69) is 15.5 Å². The molecule has 0 spiro atoms. The standard InChI is InChI=1S/C13H11N3O2/c17-13(18)12-10(5-4-8-14-12)9-15-16-11-6-2-1-3-7-11/h1-9,16H,(H,17,18)/b15-9+. The predicted molar refractivity (Wildman–Crippen MR) is 68.9 cm³/mol. The molecule has 0 radical (unpaired) electrons. The SMILES string of the molecule is O=C(O)c1ncccc1/C=N/Nc1ccccc1. The van der Waals surface area contributed by atoms with E-state index >= 15 is 0 Å². The average molecular weight is 241 g/mol. The van der Waals surface area contributed by atoms with Crippen molar-refractivity contribution in [3.63, 3.8) is 0 Å². The second-order valence-electron chi connectivity index (χ2n) is 3.48. The van der Waals surface area contributed by atoms with Crippen LogP contribution in [0.2, 0.25) is 0 Å². The van der Waals surface area contributed by atoms with Gasteiger partial charge >= 0.3 is 5.97 Å². The van der Waals surface area contributed by atoms with Crippen LogP contribution in [-0.4, -0.2) is 22.3 Å². The molecular weight excluding hydrogens is 230 g/mol. The summed E-state index contributed by atoms with van der Waals surface area (Å²) >= 11 is 0. The van der Waals surface area contributed by atoms with Crippen LogP contribution in [0, 0.1) is 0 Å². The monoisotopic (exact) mass is 241 g/mol. The Hall–Kier alpha value is -2.69. The molecule has 0 saturated heterocycles. The van der Waals surface area contributed by atoms with Crippen LogP contribution < -0.4 is 5.43 Å². The zero-order valence-electron chi connectivity index (χ0n) is 9.45. The maximum Gasteiger partial charge on any atom is 0.355 e. The molecule has 90 valence electrons. The van der Waals surface area contributed by atoms with Crippen molar-refractivity contribution in [1.29, 1.82) is 0 Å². The number of nitrogens with one attached hydrogen (secondary N) is 1. The number of pyridine rings is 1. The second kappa shape index (κ2) is 5.58. The Balaban J connectivity index is 2.12. The maximum absolute atomic E-state index is 10.9. The number of carboxylic acid groups (broad SMARTS) is 1. The first kappa shape index (κ1) is 11.8. The van der Waals surface area contributed by atoms with Crippen molar-refractivity contribution in [3.8, 4) is 0 Å². The third kappa shape index (κ3) is 2.91. The molecule has 1 aromatic carbocycles. The van der Waals surface area contributed by atoms with Crippen molar-refractivity contribution >= 4 is 17.9 Å². The zero-order valence-corrected chi connectivity index (χ0v) is 9.45. The van der Waals surface area contributed by atoms with Gasteiger partial charge in [-0.05, 0) is 24.3 Å². The molecule has 0 bridgehead atoms. The normalized spacial score (nSPS) is 10.4. The first-order valence-corrected chi connectivity index (χ1v) is 5.30. The number of hydrazone groups is 1. The molecule has 0 atom stereocenters. The van der Waals surface area contributed by atoms with Crippen LogP contribution in [0.25, 0.3) is 0 Å². The molecule has 2 N–H and O–H groups in total. The number of anilines is 1. The minimum atomic E-state index is -1.07. The highest BCUT2D eigenvalue weighted by molar-refractivity contribution is 5.96. The number of rotatable bonds is 4. The Morgan fingerprint density at radius 2 is 2.00 bits per heavy atom. The maximum atomic E-state index is 10.9. The van der Waals surface area contributed by atoms with Crippen LogP contribution in [0.4, 0.5) is 5.69 Å². The molecule has 0 aliphatic heterocycles. The number of hydrogen-bond donors (Lipinski definition) is 2. The summed E-state index contributed by atoms with van der Waals surface area (Å²) in [5.74, 6) is -1.07. The van der Waals surface area contributed by atoms with Crippen LogP contribution in [0.15, 0.2) is 53.8 Å². The van der Waals surface area contributed by atoms with Crippen molar-refractivity contribution < 1.29 is 9.90 Å². The zero-order chi connectivity index (χ0) is 12.8. The van der Waals surface area contributed by atoms with Crippen molar-refractivity contribution in [1.82, 2.24) is 4.98 Å². The van der Waals surface area contributed by atoms with Crippen LogP contribution in [0.5, 0.6) is 0 Å². The molecule has 0 aliphatic rings. The van der Waals surface area contributed by atoms with Gasteiger partial charge in [-0.3, -0.25) is 5.43 Å². The lowest BCUT2D eigenvalue weighted by Crippen LogP contribution is -2.05. The van der Waals surface area contributed by atoms with Crippen LogP contribution >= 0.6 is 0 Å². The van der Waals surface area contributed by atoms with Gasteiger partial charge in [-0.1, -0.05) is 18.2 Å². The van der Waals surface area contributed by atoms with Gasteiger partial charge in [-0.15, -0.1) is 0 Å². The number of carboxylic acids is 1. The van der Waals surface area contributed by atoms with Gasteiger partial charge in [0.05, 0.1) is 11.9 Å². The number of benzene rings is 1. The highest BCUT2D eigenvalue weighted by atomic mass is 16.4. The number of carbonyl (C=O) groups is 1. The molecule has 2 rings (SSSR count). The van der Waals surface area contributed by atoms with E-state index in [1.165, 1.54) is 12.4 Å². The predicted octanol–water partition coefficient (Wildman–Crippen LogP) is 2.23. The van der Waals surface area contributed by atoms with Gasteiger partial charge in [0.2, 0.25) is 0 Å². The Morgan fingerprint density at radius 1 is 1.22 bits per heavy atom. The van der Waals surface area contributed by atoms with Crippen molar-refractivity contribution in [2.45, 2.75) is 0 Å². The topological polar surface area (TPSA) is 74.6 Å². The Labute approximate surface area is 104 Å². The lowest BCUT2D eigenvalue weighted by Gasteiger charge is -2.00. The summed E-state index contributed by atoms with van der Waals surface area (Å²) in [5, 5.41) is 12.9. The summed E-state index contributed by atoms with van der Waals surface area (Å²) < 4.78 is 0. The summed E-state index contributed by atoms with van der Waals surface area (Å²) in [5.41, 5.74) is 4.07. The molecule has 2 aromatic rings. The van der Waals surface area contributed by atoms with E-state index in [1.54, 1.807) is 12.1 Å². The van der Waals surface area contributed by atoms with Crippen molar-refractivity contribution in [3.05, 3.63) is 59.9 Å². The van der Waals surface area contributed by atoms with Crippen molar-refractivity contribution in [2.24, 2.45) is 5.10 Å². The van der Waals surface area contributed by atoms with Gasteiger partial charge in [0.1, 0.15) is 0 Å². The molecule has 18 heavy (non-hydrogen) atoms. The minimum absolute atomic E-state index is 0.0175. The minimum Gasteiger partial charge on any atom is -0.476 e. The number of para-hydroxylation sites is 1. The Bertz CT molecular complexity index is 567. The summed E-state index contributed by atoms with van der Waals surface area (Å²) in [6.07, 6.45) is 2.87. The number of aromatic carboxylic acids is 1. The molecule has 1 aromatic heterocycles. The van der Waals surface area contributed by atoms with Gasteiger partial charge < -0.3 is 5.11 Å². The fourth-order valence-electron chi connectivity index (χ4n) is 1.39. The van der Waals surface area contributed by atoms with Gasteiger partial charge in [-0.25, -0.2) is 9.78 Å². The van der Waals surface area contributed by atoms with E-state index in [-0.39, 0.29) is 5.69 Å². The summed E-state index contributed by atoms with van der Waals surface area (Å²) in [7, 11) is 0. The molecule has 1 heterocycles. The third-order valence-corrected chi connectivity index (χ3v) is 2.21. The number of aromatic nitrogens is 1. The molecule has 0 fully saturated rings. The molecular formula is C13H11N3O2. The smallest absolute Gasteiger partial charge is 0.355 e. The van der Waals surface area contributed by atoms with Gasteiger partial charge in [0.15, 0.2) is 5.69 Å². The number of nitrogens with zero attached hydrogens (tertiary/aromatic N) is 2. The van der Waals surface area contributed by atoms with E-state index in [0.717, 1.165) is 5.69 Å². The summed E-state index contributed by atoms with van der Waals surface area (Å²) in [4.78, 5) is 14.7. The van der Waals surface area contributed by atoms with Crippen LogP contribution in [0.3, 0.4) is 0 Å². The van der Waals surface area contributed by atoms with Crippen LogP contribution in [-0.2, 0) is 0 Å². The fourth-order valence-corrected chi connectivity index (χ4v) is 1.39. The van der Waals surface area contributed by atoms with E-state index in [9.17, 15) is 4.79 Å². The second-order valence-corrected chi connectivity index (χ2v) is 3.48. The van der Waals surface area contributed by atoms with E-state index < -0.39 is 5.97 Å². The fraction of sp³-hybridized carbons (Fsp3) is 0. The largest absolute Gasteiger partial charge is 0.476 e. The van der Waals surface area contributed by atoms with Gasteiger partial charge in [0.25, 0.3) is 0 Å². The molecule has 5 heteroatoms. The average Bonchev–Trinajstić information content (AvgIpc) is 2.40. The van der Waals surface area contributed by atoms with Crippen molar-refractivity contribution in [2.75, 3.05) is 5.43 Å². The molecule has 5 nitrogen and oxygen atoms in total. The third-order valence-electron chi connectivity index (χ3n) is 2.21. The van der Waals surface area contributed by atoms with Crippen LogP contribution in [0.1, 0.15) is 16.1 Å². The molecule has 0 unspecified atom stereocenters.